The Morgan fingerprint density at radius 2 is 1.89 bits per heavy atom. The zero-order valence-corrected chi connectivity index (χ0v) is 22.9. The molecule has 9 nitrogen and oxygen atoms in total. The van der Waals surface area contributed by atoms with Crippen molar-refractivity contribution in [2.45, 2.75) is 83.2 Å². The minimum Gasteiger partial charge on any atom is -0.491 e. The molecule has 2 aliphatic heterocycles. The number of aryl methyl sites for hydroxylation is 1. The number of rotatable bonds is 5. The Balaban J connectivity index is 1.75. The SMILES string of the molecule is CC(=N)/N=C(\NC(C)C)c1cn2c(n1)-c1cc(S(=O)(=O)C3CCN(C(C)C)CC3)c(C)cc1OCC2. The number of hydrogen-bond acceptors (Lipinski definition) is 6. The Kier molecular flexibility index (Phi) is 7.56. The fraction of sp³-hybridized carbons (Fsp3) is 0.577. The number of ether oxygens (including phenoxy) is 1. The second kappa shape index (κ2) is 10.3. The quantitative estimate of drug-likeness (QED) is 0.465. The van der Waals surface area contributed by atoms with Crippen LogP contribution in [0.2, 0.25) is 0 Å². The summed E-state index contributed by atoms with van der Waals surface area (Å²) in [6.07, 6.45) is 3.16. The van der Waals surface area contributed by atoms with Gasteiger partial charge in [-0.1, -0.05) is 0 Å². The van der Waals surface area contributed by atoms with Crippen molar-refractivity contribution < 1.29 is 13.2 Å². The number of piperidine rings is 1. The van der Waals surface area contributed by atoms with Gasteiger partial charge >= 0.3 is 0 Å². The van der Waals surface area contributed by atoms with E-state index in [1.54, 1.807) is 13.0 Å². The maximum atomic E-state index is 13.8. The number of fused-ring (bicyclic) bond motifs is 3. The first-order valence-electron chi connectivity index (χ1n) is 12.7. The number of nitrogens with zero attached hydrogens (tertiary/aromatic N) is 4. The summed E-state index contributed by atoms with van der Waals surface area (Å²) in [5, 5.41) is 10.7. The summed E-state index contributed by atoms with van der Waals surface area (Å²) >= 11 is 0. The molecule has 196 valence electrons. The summed E-state index contributed by atoms with van der Waals surface area (Å²) in [6, 6.07) is 4.11. The van der Waals surface area contributed by atoms with Crippen molar-refractivity contribution in [3.8, 4) is 17.1 Å². The maximum Gasteiger partial charge on any atom is 0.181 e. The van der Waals surface area contributed by atoms with Gasteiger partial charge in [0.2, 0.25) is 0 Å². The van der Waals surface area contributed by atoms with Crippen LogP contribution in [-0.4, -0.2) is 71.6 Å². The highest BCUT2D eigenvalue weighted by atomic mass is 32.2. The molecule has 1 fully saturated rings. The largest absolute Gasteiger partial charge is 0.491 e. The maximum absolute atomic E-state index is 13.8. The highest BCUT2D eigenvalue weighted by Gasteiger charge is 2.34. The summed E-state index contributed by atoms with van der Waals surface area (Å²) < 4.78 is 35.6. The minimum atomic E-state index is -3.51. The molecule has 2 N–H and O–H groups in total. The van der Waals surface area contributed by atoms with Crippen LogP contribution >= 0.6 is 0 Å². The molecule has 1 saturated heterocycles. The molecule has 0 spiro atoms. The molecule has 36 heavy (non-hydrogen) atoms. The highest BCUT2D eigenvalue weighted by molar-refractivity contribution is 7.92. The van der Waals surface area contributed by atoms with Gasteiger partial charge in [0.15, 0.2) is 15.7 Å². The number of nitrogens with one attached hydrogen (secondary N) is 2. The average Bonchev–Trinajstić information content (AvgIpc) is 3.15. The van der Waals surface area contributed by atoms with Crippen molar-refractivity contribution in [1.82, 2.24) is 19.8 Å². The van der Waals surface area contributed by atoms with Crippen molar-refractivity contribution in [2.75, 3.05) is 19.7 Å². The molecule has 2 aliphatic rings. The van der Waals surface area contributed by atoms with E-state index in [1.165, 1.54) is 0 Å². The number of amidine groups is 2. The topological polar surface area (TPSA) is 113 Å². The van der Waals surface area contributed by atoms with Gasteiger partial charge in [-0.05, 0) is 85.2 Å². The van der Waals surface area contributed by atoms with Crippen molar-refractivity contribution in [2.24, 2.45) is 4.99 Å². The molecular formula is C26H38N6O3S. The van der Waals surface area contributed by atoms with Crippen LogP contribution in [0, 0.1) is 12.3 Å². The molecular weight excluding hydrogens is 476 g/mol. The highest BCUT2D eigenvalue weighted by Crippen LogP contribution is 2.38. The lowest BCUT2D eigenvalue weighted by Gasteiger charge is -2.34. The normalized spacial score (nSPS) is 17.5. The number of imidazole rings is 1. The van der Waals surface area contributed by atoms with E-state index in [9.17, 15) is 8.42 Å². The number of aliphatic imine (C=N–C) groups is 1. The zero-order valence-electron chi connectivity index (χ0n) is 22.1. The Labute approximate surface area is 214 Å². The molecule has 3 heterocycles. The lowest BCUT2D eigenvalue weighted by Crippen LogP contribution is -2.42. The van der Waals surface area contributed by atoms with Crippen LogP contribution in [0.15, 0.2) is 28.2 Å². The van der Waals surface area contributed by atoms with Gasteiger partial charge in [0.25, 0.3) is 0 Å². The Morgan fingerprint density at radius 1 is 1.19 bits per heavy atom. The predicted molar refractivity (Wildman–Crippen MR) is 143 cm³/mol. The zero-order chi connectivity index (χ0) is 26.2. The van der Waals surface area contributed by atoms with Gasteiger partial charge in [-0.25, -0.2) is 18.4 Å². The van der Waals surface area contributed by atoms with Crippen LogP contribution < -0.4 is 10.1 Å². The molecule has 0 unspecified atom stereocenters. The molecule has 0 radical (unpaired) electrons. The first-order valence-corrected chi connectivity index (χ1v) is 14.3. The summed E-state index contributed by atoms with van der Waals surface area (Å²) in [6.45, 7) is 14.4. The van der Waals surface area contributed by atoms with E-state index in [2.05, 4.69) is 29.1 Å². The smallest absolute Gasteiger partial charge is 0.181 e. The molecule has 4 rings (SSSR count). The average molecular weight is 515 g/mol. The molecule has 1 aromatic carbocycles. The van der Waals surface area contributed by atoms with Gasteiger partial charge in [0, 0.05) is 18.3 Å². The van der Waals surface area contributed by atoms with Crippen LogP contribution in [0.4, 0.5) is 0 Å². The third kappa shape index (κ3) is 5.34. The lowest BCUT2D eigenvalue weighted by molar-refractivity contribution is 0.186. The molecule has 0 amide bonds. The summed E-state index contributed by atoms with van der Waals surface area (Å²) in [7, 11) is -3.51. The summed E-state index contributed by atoms with van der Waals surface area (Å²) in [5.41, 5.74) is 1.98. The third-order valence-electron chi connectivity index (χ3n) is 6.78. The molecule has 1 aromatic heterocycles. The van der Waals surface area contributed by atoms with E-state index in [4.69, 9.17) is 15.1 Å². The molecule has 0 saturated carbocycles. The van der Waals surface area contributed by atoms with Crippen LogP contribution in [-0.2, 0) is 16.4 Å². The van der Waals surface area contributed by atoms with Gasteiger partial charge in [0.05, 0.1) is 22.3 Å². The van der Waals surface area contributed by atoms with Crippen LogP contribution in [0.1, 0.15) is 58.7 Å². The number of hydrogen-bond donors (Lipinski definition) is 2. The number of aromatic nitrogens is 2. The first kappa shape index (κ1) is 26.3. The summed E-state index contributed by atoms with van der Waals surface area (Å²) in [4.78, 5) is 11.9. The van der Waals surface area contributed by atoms with Crippen molar-refractivity contribution in [3.63, 3.8) is 0 Å². The molecule has 0 atom stereocenters. The summed E-state index contributed by atoms with van der Waals surface area (Å²) in [5.74, 6) is 1.98. The van der Waals surface area contributed by atoms with Gasteiger partial charge in [-0.2, -0.15) is 0 Å². The number of likely N-dealkylation sites (tertiary alicyclic amines) is 1. The van der Waals surface area contributed by atoms with E-state index < -0.39 is 15.1 Å². The minimum absolute atomic E-state index is 0.113. The number of benzene rings is 1. The second-order valence-electron chi connectivity index (χ2n) is 10.3. The molecule has 10 heteroatoms. The Bertz CT molecular complexity index is 1270. The van der Waals surface area contributed by atoms with Gasteiger partial charge < -0.3 is 19.5 Å². The van der Waals surface area contributed by atoms with Crippen LogP contribution in [0.3, 0.4) is 0 Å². The third-order valence-corrected chi connectivity index (χ3v) is 9.19. The second-order valence-corrected chi connectivity index (χ2v) is 12.5. The monoisotopic (exact) mass is 514 g/mol. The van der Waals surface area contributed by atoms with Crippen LogP contribution in [0.25, 0.3) is 11.4 Å². The predicted octanol–water partition coefficient (Wildman–Crippen LogP) is 3.64. The van der Waals surface area contributed by atoms with Gasteiger partial charge in [0.1, 0.15) is 29.7 Å². The fourth-order valence-corrected chi connectivity index (χ4v) is 6.90. The van der Waals surface area contributed by atoms with E-state index in [0.29, 0.717) is 71.2 Å². The molecule has 0 aliphatic carbocycles. The molecule has 2 aromatic rings. The molecule has 0 bridgehead atoms. The fourth-order valence-electron chi connectivity index (χ4n) is 4.92. The van der Waals surface area contributed by atoms with E-state index in [-0.39, 0.29) is 11.9 Å². The van der Waals surface area contributed by atoms with E-state index in [0.717, 1.165) is 13.1 Å². The van der Waals surface area contributed by atoms with Gasteiger partial charge in [-0.3, -0.25) is 5.41 Å². The Morgan fingerprint density at radius 3 is 2.50 bits per heavy atom. The van der Waals surface area contributed by atoms with Crippen molar-refractivity contribution >= 4 is 21.5 Å². The van der Waals surface area contributed by atoms with Crippen molar-refractivity contribution in [1.29, 1.82) is 5.41 Å². The van der Waals surface area contributed by atoms with E-state index >= 15 is 0 Å². The van der Waals surface area contributed by atoms with Crippen molar-refractivity contribution in [3.05, 3.63) is 29.6 Å². The standard InChI is InChI=1S/C26H38N6O3S/c1-16(2)28-25(29-19(6)27)22-15-32-11-12-35-23-13-18(5)24(14-21(23)26(32)30-22)36(33,34)20-7-9-31(10-8-20)17(3)4/h13-17,20H,7-12H2,1-6H3,(H2,27,28,29). The van der Waals surface area contributed by atoms with E-state index in [1.807, 2.05) is 37.6 Å². The Hall–Kier alpha value is -2.72. The lowest BCUT2D eigenvalue weighted by atomic mass is 10.1. The van der Waals surface area contributed by atoms with Gasteiger partial charge in [-0.15, -0.1) is 0 Å². The number of sulfone groups is 1. The first-order chi connectivity index (χ1) is 17.0. The van der Waals surface area contributed by atoms with Crippen LogP contribution in [0.5, 0.6) is 5.75 Å².